The van der Waals surface area contributed by atoms with Crippen molar-refractivity contribution in [3.63, 3.8) is 0 Å². The molecule has 0 fully saturated rings. The molecular formula is C26H26Cl3N3O4S. The zero-order valence-corrected chi connectivity index (χ0v) is 23.5. The summed E-state index contributed by atoms with van der Waals surface area (Å²) in [5, 5.41) is 3.39. The number of hydrogen-bond donors (Lipinski definition) is 1. The second-order valence-corrected chi connectivity index (χ2v) is 11.5. The Balaban J connectivity index is 2.07. The Bertz CT molecular complexity index is 1380. The summed E-state index contributed by atoms with van der Waals surface area (Å²) in [6, 6.07) is 16.5. The largest absolute Gasteiger partial charge is 0.357 e. The molecule has 0 spiro atoms. The van der Waals surface area contributed by atoms with Crippen molar-refractivity contribution in [2.24, 2.45) is 0 Å². The van der Waals surface area contributed by atoms with E-state index in [-0.39, 0.29) is 27.2 Å². The van der Waals surface area contributed by atoms with Crippen molar-refractivity contribution in [3.8, 4) is 0 Å². The van der Waals surface area contributed by atoms with Crippen LogP contribution in [-0.4, -0.2) is 44.8 Å². The fourth-order valence-corrected chi connectivity index (χ4v) is 5.59. The van der Waals surface area contributed by atoms with Gasteiger partial charge in [0.1, 0.15) is 12.6 Å². The molecule has 37 heavy (non-hydrogen) atoms. The van der Waals surface area contributed by atoms with Gasteiger partial charge in [0.05, 0.1) is 15.6 Å². The highest BCUT2D eigenvalue weighted by molar-refractivity contribution is 7.92. The maximum absolute atomic E-state index is 13.8. The maximum Gasteiger partial charge on any atom is 0.264 e. The van der Waals surface area contributed by atoms with Crippen LogP contribution in [0.1, 0.15) is 18.1 Å². The van der Waals surface area contributed by atoms with Gasteiger partial charge in [-0.1, -0.05) is 64.6 Å². The Morgan fingerprint density at radius 3 is 2.11 bits per heavy atom. The summed E-state index contributed by atoms with van der Waals surface area (Å²) < 4.78 is 28.5. The van der Waals surface area contributed by atoms with E-state index in [4.69, 9.17) is 34.8 Å². The Hall–Kier alpha value is -2.78. The quantitative estimate of drug-likeness (QED) is 0.370. The van der Waals surface area contributed by atoms with Crippen LogP contribution in [0.5, 0.6) is 0 Å². The number of carbonyl (C=O) groups excluding carboxylic acids is 2. The van der Waals surface area contributed by atoms with Gasteiger partial charge < -0.3 is 10.2 Å². The minimum atomic E-state index is -4.24. The smallest absolute Gasteiger partial charge is 0.264 e. The highest BCUT2D eigenvalue weighted by Gasteiger charge is 2.33. The molecule has 3 rings (SSSR count). The van der Waals surface area contributed by atoms with Crippen LogP contribution in [0.2, 0.25) is 15.1 Å². The minimum Gasteiger partial charge on any atom is -0.357 e. The molecule has 0 radical (unpaired) electrons. The first-order valence-electron chi connectivity index (χ1n) is 11.2. The number of likely N-dealkylation sites (N-methyl/N-ethyl adjacent to an activating group) is 1. The third kappa shape index (κ3) is 6.96. The number of benzene rings is 3. The summed E-state index contributed by atoms with van der Waals surface area (Å²) in [6.07, 6.45) is 0. The van der Waals surface area contributed by atoms with Crippen LogP contribution in [0.3, 0.4) is 0 Å². The molecule has 0 heterocycles. The molecule has 0 bridgehead atoms. The number of nitrogens with one attached hydrogen (secondary N) is 1. The van der Waals surface area contributed by atoms with Crippen molar-refractivity contribution in [1.82, 2.24) is 10.2 Å². The predicted octanol–water partition coefficient (Wildman–Crippen LogP) is 5.31. The Morgan fingerprint density at radius 1 is 0.919 bits per heavy atom. The average molecular weight is 583 g/mol. The van der Waals surface area contributed by atoms with E-state index in [2.05, 4.69) is 5.32 Å². The summed E-state index contributed by atoms with van der Waals surface area (Å²) in [4.78, 5) is 27.5. The summed E-state index contributed by atoms with van der Waals surface area (Å²) in [7, 11) is -2.78. The van der Waals surface area contributed by atoms with E-state index < -0.39 is 34.4 Å². The van der Waals surface area contributed by atoms with Crippen LogP contribution in [0.15, 0.2) is 71.6 Å². The Kier molecular flexibility index (Phi) is 9.47. The van der Waals surface area contributed by atoms with E-state index in [9.17, 15) is 18.0 Å². The average Bonchev–Trinajstić information content (AvgIpc) is 2.87. The molecule has 0 aromatic heterocycles. The number of aryl methyl sites for hydroxylation is 1. The molecule has 196 valence electrons. The van der Waals surface area contributed by atoms with E-state index >= 15 is 0 Å². The maximum atomic E-state index is 13.8. The second kappa shape index (κ2) is 12.2. The van der Waals surface area contributed by atoms with Crippen molar-refractivity contribution in [1.29, 1.82) is 0 Å². The van der Waals surface area contributed by atoms with Gasteiger partial charge in [-0.2, -0.15) is 0 Å². The van der Waals surface area contributed by atoms with Gasteiger partial charge in [0.15, 0.2) is 0 Å². The van der Waals surface area contributed by atoms with Crippen LogP contribution in [0.25, 0.3) is 0 Å². The number of amides is 2. The van der Waals surface area contributed by atoms with Crippen LogP contribution >= 0.6 is 34.8 Å². The number of rotatable bonds is 9. The first-order valence-corrected chi connectivity index (χ1v) is 13.8. The van der Waals surface area contributed by atoms with E-state index in [1.54, 1.807) is 43.3 Å². The summed E-state index contributed by atoms with van der Waals surface area (Å²) in [5.41, 5.74) is 1.63. The molecule has 0 aliphatic heterocycles. The van der Waals surface area contributed by atoms with Gasteiger partial charge in [0, 0.05) is 23.6 Å². The van der Waals surface area contributed by atoms with Crippen molar-refractivity contribution in [2.45, 2.75) is 31.3 Å². The fraction of sp³-hybridized carbons (Fsp3) is 0.231. The predicted molar refractivity (Wildman–Crippen MR) is 148 cm³/mol. The molecule has 0 saturated heterocycles. The second-order valence-electron chi connectivity index (χ2n) is 8.36. The minimum absolute atomic E-state index is 0.0226. The molecule has 3 aromatic rings. The number of halogens is 3. The highest BCUT2D eigenvalue weighted by atomic mass is 35.5. The molecule has 3 aromatic carbocycles. The van der Waals surface area contributed by atoms with Gasteiger partial charge in [-0.15, -0.1) is 0 Å². The third-order valence-corrected chi connectivity index (χ3v) is 8.33. The fourth-order valence-electron chi connectivity index (χ4n) is 3.61. The molecule has 11 heteroatoms. The SMILES string of the molecule is CNC(=O)[C@@H](C)N(Cc1ccc(Cl)cc1)C(=O)CN(c1cc(Cl)ccc1Cl)S(=O)(=O)c1ccc(C)cc1. The molecule has 0 unspecified atom stereocenters. The lowest BCUT2D eigenvalue weighted by atomic mass is 10.1. The van der Waals surface area contributed by atoms with E-state index in [1.165, 1.54) is 42.3 Å². The lowest BCUT2D eigenvalue weighted by Crippen LogP contribution is -2.50. The number of nitrogens with zero attached hydrogens (tertiary/aromatic N) is 2. The van der Waals surface area contributed by atoms with Gasteiger partial charge in [0.25, 0.3) is 10.0 Å². The van der Waals surface area contributed by atoms with Crippen molar-refractivity contribution in [3.05, 3.63) is 92.9 Å². The molecule has 7 nitrogen and oxygen atoms in total. The van der Waals surface area contributed by atoms with Crippen LogP contribution < -0.4 is 9.62 Å². The molecule has 0 aliphatic rings. The topological polar surface area (TPSA) is 86.8 Å². The Labute approximate surface area is 232 Å². The normalized spacial score (nSPS) is 12.1. The van der Waals surface area contributed by atoms with Crippen molar-refractivity contribution < 1.29 is 18.0 Å². The van der Waals surface area contributed by atoms with Crippen LogP contribution in [0, 0.1) is 6.92 Å². The zero-order valence-electron chi connectivity index (χ0n) is 20.4. The number of sulfonamides is 1. The van der Waals surface area contributed by atoms with Gasteiger partial charge >= 0.3 is 0 Å². The molecule has 0 saturated carbocycles. The van der Waals surface area contributed by atoms with Gasteiger partial charge in [-0.3, -0.25) is 13.9 Å². The van der Waals surface area contributed by atoms with Crippen molar-refractivity contribution in [2.75, 3.05) is 17.9 Å². The molecule has 1 atom stereocenters. The third-order valence-electron chi connectivity index (χ3n) is 5.74. The first-order chi connectivity index (χ1) is 17.4. The monoisotopic (exact) mass is 581 g/mol. The number of anilines is 1. The van der Waals surface area contributed by atoms with E-state index in [0.717, 1.165) is 9.87 Å². The van der Waals surface area contributed by atoms with Gasteiger partial charge in [0.2, 0.25) is 11.8 Å². The van der Waals surface area contributed by atoms with Gasteiger partial charge in [-0.25, -0.2) is 8.42 Å². The van der Waals surface area contributed by atoms with Crippen molar-refractivity contribution >= 4 is 62.3 Å². The van der Waals surface area contributed by atoms with Gasteiger partial charge in [-0.05, 0) is 61.9 Å². The number of carbonyl (C=O) groups is 2. The lowest BCUT2D eigenvalue weighted by Gasteiger charge is -2.32. The Morgan fingerprint density at radius 2 is 1.51 bits per heavy atom. The van der Waals surface area contributed by atoms with Crippen LogP contribution in [-0.2, 0) is 26.2 Å². The zero-order chi connectivity index (χ0) is 27.3. The van der Waals surface area contributed by atoms with Crippen LogP contribution in [0.4, 0.5) is 5.69 Å². The highest BCUT2D eigenvalue weighted by Crippen LogP contribution is 2.33. The molecule has 2 amide bonds. The van der Waals surface area contributed by atoms with E-state index in [1.807, 2.05) is 6.92 Å². The standard InChI is InChI=1S/C26H26Cl3N3O4S/c1-17-4-11-22(12-5-17)37(35,36)32(24-14-21(28)10-13-23(24)29)16-25(33)31(18(2)26(34)30-3)15-19-6-8-20(27)9-7-19/h4-14,18H,15-16H2,1-3H3,(H,30,34)/t18-/m1/s1. The molecular weight excluding hydrogens is 557 g/mol. The first kappa shape index (κ1) is 28.8. The van der Waals surface area contributed by atoms with E-state index in [0.29, 0.717) is 10.6 Å². The summed E-state index contributed by atoms with van der Waals surface area (Å²) >= 11 is 18.5. The summed E-state index contributed by atoms with van der Waals surface area (Å²) in [6.45, 7) is 2.83. The molecule has 1 N–H and O–H groups in total. The molecule has 0 aliphatic carbocycles. The summed E-state index contributed by atoms with van der Waals surface area (Å²) in [5.74, 6) is -1.02. The lowest BCUT2D eigenvalue weighted by molar-refractivity contribution is -0.139. The number of hydrogen-bond acceptors (Lipinski definition) is 4.